The third-order valence-corrected chi connectivity index (χ3v) is 5.27. The molecule has 2 aliphatic heterocycles. The van der Waals surface area contributed by atoms with E-state index in [9.17, 15) is 9.18 Å². The molecule has 5 nitrogen and oxygen atoms in total. The second kappa shape index (κ2) is 7.39. The number of carbonyl (C=O) groups is 1. The lowest BCUT2D eigenvalue weighted by Gasteiger charge is -2.29. The van der Waals surface area contributed by atoms with Gasteiger partial charge >= 0.3 is 0 Å². The minimum absolute atomic E-state index is 0.170. The standard InChI is InChI=1S/C24H19FN2O3/c1-15-10-20-19(13-27(14-29-20)12-18-4-2-3-9-26-18)24-22(15)23(28)21(30-24)11-16-5-7-17(25)8-6-16/h2-11H,12-14H2,1H3/b21-11-. The van der Waals surface area contributed by atoms with E-state index in [0.29, 0.717) is 36.7 Å². The molecule has 0 N–H and O–H groups in total. The van der Waals surface area contributed by atoms with Gasteiger partial charge in [-0.3, -0.25) is 14.7 Å². The molecule has 0 unspecified atom stereocenters. The molecule has 30 heavy (non-hydrogen) atoms. The van der Waals surface area contributed by atoms with Crippen LogP contribution in [0.2, 0.25) is 0 Å². The lowest BCUT2D eigenvalue weighted by molar-refractivity contribution is 0.0861. The van der Waals surface area contributed by atoms with Crippen LogP contribution in [0.5, 0.6) is 11.5 Å². The molecule has 0 spiro atoms. The van der Waals surface area contributed by atoms with E-state index in [-0.39, 0.29) is 17.4 Å². The zero-order valence-electron chi connectivity index (χ0n) is 16.4. The van der Waals surface area contributed by atoms with Gasteiger partial charge in [0.05, 0.1) is 16.8 Å². The normalized spacial score (nSPS) is 16.7. The van der Waals surface area contributed by atoms with Gasteiger partial charge in [0.15, 0.2) is 5.76 Å². The minimum Gasteiger partial charge on any atom is -0.478 e. The first-order chi connectivity index (χ1) is 14.6. The van der Waals surface area contributed by atoms with Crippen molar-refractivity contribution >= 4 is 11.9 Å². The molecule has 6 heteroatoms. The van der Waals surface area contributed by atoms with Crippen LogP contribution < -0.4 is 9.47 Å². The van der Waals surface area contributed by atoms with Gasteiger partial charge in [0.25, 0.3) is 0 Å². The third kappa shape index (κ3) is 3.35. The summed E-state index contributed by atoms with van der Waals surface area (Å²) in [6.07, 6.45) is 3.41. The molecular formula is C24H19FN2O3. The van der Waals surface area contributed by atoms with E-state index in [1.165, 1.54) is 12.1 Å². The fourth-order valence-electron chi connectivity index (χ4n) is 3.81. The predicted molar refractivity (Wildman–Crippen MR) is 109 cm³/mol. The first kappa shape index (κ1) is 18.5. The summed E-state index contributed by atoms with van der Waals surface area (Å²) in [4.78, 5) is 19.5. The summed E-state index contributed by atoms with van der Waals surface area (Å²) < 4.78 is 25.2. The Morgan fingerprint density at radius 3 is 2.80 bits per heavy atom. The maximum Gasteiger partial charge on any atom is 0.232 e. The molecule has 150 valence electrons. The zero-order chi connectivity index (χ0) is 20.7. The number of Topliss-reactive ketones (excluding diaryl/α,β-unsaturated/α-hetero) is 1. The van der Waals surface area contributed by atoms with Gasteiger partial charge in [-0.2, -0.15) is 0 Å². The molecule has 0 radical (unpaired) electrons. The summed E-state index contributed by atoms with van der Waals surface area (Å²) in [7, 11) is 0. The second-order valence-electron chi connectivity index (χ2n) is 7.45. The molecule has 0 amide bonds. The Labute approximate surface area is 173 Å². The first-order valence-electron chi connectivity index (χ1n) is 9.70. The van der Waals surface area contributed by atoms with Gasteiger partial charge < -0.3 is 9.47 Å². The Morgan fingerprint density at radius 1 is 1.20 bits per heavy atom. The number of halogens is 1. The number of ether oxygens (including phenoxy) is 2. The topological polar surface area (TPSA) is 51.7 Å². The van der Waals surface area contributed by atoms with Gasteiger partial charge in [-0.25, -0.2) is 4.39 Å². The Morgan fingerprint density at radius 2 is 2.03 bits per heavy atom. The van der Waals surface area contributed by atoms with E-state index in [1.807, 2.05) is 31.2 Å². The smallest absolute Gasteiger partial charge is 0.232 e. The van der Waals surface area contributed by atoms with Gasteiger partial charge in [-0.05, 0) is 54.5 Å². The number of carbonyl (C=O) groups excluding carboxylic acids is 1. The highest BCUT2D eigenvalue weighted by molar-refractivity contribution is 6.15. The summed E-state index contributed by atoms with van der Waals surface area (Å²) in [5, 5.41) is 0. The fraction of sp³-hybridized carbons (Fsp3) is 0.167. The van der Waals surface area contributed by atoms with Crippen molar-refractivity contribution in [2.45, 2.75) is 20.0 Å². The van der Waals surface area contributed by atoms with Crippen molar-refractivity contribution in [2.24, 2.45) is 0 Å². The summed E-state index contributed by atoms with van der Waals surface area (Å²) >= 11 is 0. The summed E-state index contributed by atoms with van der Waals surface area (Å²) in [6, 6.07) is 13.6. The number of ketones is 1. The van der Waals surface area contributed by atoms with Crippen molar-refractivity contribution in [2.75, 3.05) is 6.73 Å². The fourth-order valence-corrected chi connectivity index (χ4v) is 3.81. The second-order valence-corrected chi connectivity index (χ2v) is 7.45. The van der Waals surface area contributed by atoms with Gasteiger partial charge in [-0.15, -0.1) is 0 Å². The average Bonchev–Trinajstić information content (AvgIpc) is 3.08. The number of rotatable bonds is 3. The molecule has 2 aromatic carbocycles. The molecule has 0 saturated heterocycles. The molecular weight excluding hydrogens is 383 g/mol. The maximum atomic E-state index is 13.2. The van der Waals surface area contributed by atoms with Crippen molar-refractivity contribution < 1.29 is 18.7 Å². The van der Waals surface area contributed by atoms with E-state index in [1.54, 1.807) is 24.4 Å². The van der Waals surface area contributed by atoms with Gasteiger partial charge in [-0.1, -0.05) is 18.2 Å². The summed E-state index contributed by atoms with van der Waals surface area (Å²) in [6.45, 7) is 3.54. The quantitative estimate of drug-likeness (QED) is 0.604. The van der Waals surface area contributed by atoms with Gasteiger partial charge in [0, 0.05) is 19.3 Å². The molecule has 0 aliphatic carbocycles. The predicted octanol–water partition coefficient (Wildman–Crippen LogP) is 4.50. The largest absolute Gasteiger partial charge is 0.478 e. The molecule has 2 aliphatic rings. The van der Waals surface area contributed by atoms with Crippen LogP contribution in [0.4, 0.5) is 4.39 Å². The van der Waals surface area contributed by atoms with Crippen molar-refractivity contribution in [1.29, 1.82) is 0 Å². The van der Waals surface area contributed by atoms with Crippen LogP contribution in [0, 0.1) is 12.7 Å². The van der Waals surface area contributed by atoms with Crippen LogP contribution in [-0.2, 0) is 13.1 Å². The molecule has 1 aromatic heterocycles. The number of benzene rings is 2. The number of allylic oxidation sites excluding steroid dienone is 1. The Bertz CT molecular complexity index is 1160. The highest BCUT2D eigenvalue weighted by atomic mass is 19.1. The van der Waals surface area contributed by atoms with E-state index in [0.717, 1.165) is 22.6 Å². The number of aromatic nitrogens is 1. The molecule has 0 atom stereocenters. The Kier molecular flexibility index (Phi) is 4.56. The highest BCUT2D eigenvalue weighted by Gasteiger charge is 2.35. The monoisotopic (exact) mass is 402 g/mol. The maximum absolute atomic E-state index is 13.2. The van der Waals surface area contributed by atoms with Crippen molar-refractivity contribution in [3.63, 3.8) is 0 Å². The molecule has 3 heterocycles. The number of hydrogen-bond donors (Lipinski definition) is 0. The number of fused-ring (bicyclic) bond motifs is 3. The van der Waals surface area contributed by atoms with Crippen LogP contribution in [0.15, 0.2) is 60.5 Å². The number of nitrogens with zero attached hydrogens (tertiary/aromatic N) is 2. The Balaban J connectivity index is 1.47. The first-order valence-corrected chi connectivity index (χ1v) is 9.70. The zero-order valence-corrected chi connectivity index (χ0v) is 16.4. The van der Waals surface area contributed by atoms with Crippen LogP contribution in [-0.4, -0.2) is 22.4 Å². The molecule has 0 saturated carbocycles. The van der Waals surface area contributed by atoms with Crippen LogP contribution >= 0.6 is 0 Å². The third-order valence-electron chi connectivity index (χ3n) is 5.27. The summed E-state index contributed by atoms with van der Waals surface area (Å²) in [5.41, 5.74) is 3.88. The van der Waals surface area contributed by atoms with E-state index >= 15 is 0 Å². The molecule has 0 bridgehead atoms. The highest BCUT2D eigenvalue weighted by Crippen LogP contribution is 2.44. The van der Waals surface area contributed by atoms with Crippen LogP contribution in [0.25, 0.3) is 6.08 Å². The lowest BCUT2D eigenvalue weighted by Crippen LogP contribution is -2.32. The van der Waals surface area contributed by atoms with E-state index in [2.05, 4.69) is 9.88 Å². The van der Waals surface area contributed by atoms with Crippen LogP contribution in [0.3, 0.4) is 0 Å². The van der Waals surface area contributed by atoms with E-state index in [4.69, 9.17) is 9.47 Å². The van der Waals surface area contributed by atoms with E-state index < -0.39 is 0 Å². The average molecular weight is 402 g/mol. The lowest BCUT2D eigenvalue weighted by atomic mass is 9.98. The van der Waals surface area contributed by atoms with Gasteiger partial charge in [0.2, 0.25) is 5.78 Å². The molecule has 3 aromatic rings. The SMILES string of the molecule is Cc1cc2c(c3c1C(=O)/C(=C/c1ccc(F)cc1)O3)CN(Cc1ccccn1)CO2. The molecule has 5 rings (SSSR count). The number of hydrogen-bond acceptors (Lipinski definition) is 5. The number of pyridine rings is 1. The van der Waals surface area contributed by atoms with Crippen molar-refractivity contribution in [1.82, 2.24) is 9.88 Å². The summed E-state index contributed by atoms with van der Waals surface area (Å²) in [5.74, 6) is 1.02. The molecule has 0 fully saturated rings. The van der Waals surface area contributed by atoms with Crippen molar-refractivity contribution in [3.8, 4) is 11.5 Å². The van der Waals surface area contributed by atoms with Gasteiger partial charge in [0.1, 0.15) is 24.0 Å². The number of aryl methyl sites for hydroxylation is 1. The Hall–Kier alpha value is -3.51. The minimum atomic E-state index is -0.325. The van der Waals surface area contributed by atoms with Crippen molar-refractivity contribution in [3.05, 3.63) is 94.3 Å². The van der Waals surface area contributed by atoms with Crippen LogP contribution in [0.1, 0.15) is 32.7 Å².